The molecule has 1 aromatic rings. The first-order valence-corrected chi connectivity index (χ1v) is 6.03. The Labute approximate surface area is 102 Å². The topological polar surface area (TPSA) is 37.3 Å². The SMILES string of the molecule is O=C(O)CC(c1cc(F)cc(Br)c1)C1CC1. The van der Waals surface area contributed by atoms with E-state index in [1.807, 2.05) is 6.07 Å². The maximum atomic E-state index is 13.2. The highest BCUT2D eigenvalue weighted by Gasteiger charge is 2.34. The van der Waals surface area contributed by atoms with Gasteiger partial charge >= 0.3 is 5.97 Å². The summed E-state index contributed by atoms with van der Waals surface area (Å²) in [6.45, 7) is 0. The van der Waals surface area contributed by atoms with Gasteiger partial charge in [0, 0.05) is 4.47 Å². The lowest BCUT2D eigenvalue weighted by Crippen LogP contribution is -2.08. The van der Waals surface area contributed by atoms with Crippen molar-refractivity contribution in [2.75, 3.05) is 0 Å². The molecule has 1 saturated carbocycles. The van der Waals surface area contributed by atoms with E-state index < -0.39 is 5.97 Å². The molecular formula is C12H12BrFO2. The number of aliphatic carboxylic acids is 1. The van der Waals surface area contributed by atoms with E-state index in [-0.39, 0.29) is 18.2 Å². The average Bonchev–Trinajstić information content (AvgIpc) is 2.95. The molecule has 0 spiro atoms. The molecule has 2 rings (SSSR count). The fourth-order valence-corrected chi connectivity index (χ4v) is 2.52. The van der Waals surface area contributed by atoms with E-state index in [2.05, 4.69) is 15.9 Å². The van der Waals surface area contributed by atoms with Gasteiger partial charge in [0.2, 0.25) is 0 Å². The summed E-state index contributed by atoms with van der Waals surface area (Å²) in [6.07, 6.45) is 2.18. The van der Waals surface area contributed by atoms with E-state index in [0.717, 1.165) is 18.4 Å². The lowest BCUT2D eigenvalue weighted by atomic mass is 9.91. The Hall–Kier alpha value is -0.900. The second-order valence-corrected chi connectivity index (χ2v) is 5.16. The van der Waals surface area contributed by atoms with Crippen LogP contribution in [0.15, 0.2) is 22.7 Å². The minimum absolute atomic E-state index is 0.0514. The molecule has 1 aliphatic rings. The third-order valence-electron chi connectivity index (χ3n) is 2.90. The summed E-state index contributed by atoms with van der Waals surface area (Å²) in [5.41, 5.74) is 0.789. The molecule has 0 bridgehead atoms. The Morgan fingerprint density at radius 3 is 2.69 bits per heavy atom. The van der Waals surface area contributed by atoms with Gasteiger partial charge in [0.05, 0.1) is 6.42 Å². The highest BCUT2D eigenvalue weighted by molar-refractivity contribution is 9.10. The van der Waals surface area contributed by atoms with E-state index in [9.17, 15) is 9.18 Å². The molecule has 0 heterocycles. The van der Waals surface area contributed by atoms with Gasteiger partial charge < -0.3 is 5.11 Å². The van der Waals surface area contributed by atoms with E-state index in [0.29, 0.717) is 10.4 Å². The van der Waals surface area contributed by atoms with E-state index in [1.165, 1.54) is 12.1 Å². The fraction of sp³-hybridized carbons (Fsp3) is 0.417. The molecular weight excluding hydrogens is 275 g/mol. The van der Waals surface area contributed by atoms with Gasteiger partial charge in [-0.1, -0.05) is 15.9 Å². The molecule has 1 fully saturated rings. The summed E-state index contributed by atoms with van der Waals surface area (Å²) in [5, 5.41) is 8.86. The average molecular weight is 287 g/mol. The predicted molar refractivity (Wildman–Crippen MR) is 61.8 cm³/mol. The van der Waals surface area contributed by atoms with Crippen molar-refractivity contribution in [1.82, 2.24) is 0 Å². The van der Waals surface area contributed by atoms with E-state index in [4.69, 9.17) is 5.11 Å². The zero-order valence-electron chi connectivity index (χ0n) is 8.62. The molecule has 1 unspecified atom stereocenters. The first kappa shape index (κ1) is 11.6. The molecule has 4 heteroatoms. The van der Waals surface area contributed by atoms with Gasteiger partial charge in [0.15, 0.2) is 0 Å². The van der Waals surface area contributed by atoms with Crippen LogP contribution in [-0.2, 0) is 4.79 Å². The summed E-state index contributed by atoms with van der Waals surface area (Å²) in [4.78, 5) is 10.8. The third kappa shape index (κ3) is 2.82. The molecule has 0 aromatic heterocycles. The fourth-order valence-electron chi connectivity index (χ4n) is 2.03. The Morgan fingerprint density at radius 2 is 2.19 bits per heavy atom. The zero-order chi connectivity index (χ0) is 11.7. The maximum absolute atomic E-state index is 13.2. The number of hydrogen-bond acceptors (Lipinski definition) is 1. The molecule has 0 amide bonds. The Morgan fingerprint density at radius 1 is 1.50 bits per heavy atom. The summed E-state index contributed by atoms with van der Waals surface area (Å²) < 4.78 is 13.9. The van der Waals surface area contributed by atoms with Crippen LogP contribution in [0.3, 0.4) is 0 Å². The van der Waals surface area contributed by atoms with E-state index >= 15 is 0 Å². The van der Waals surface area contributed by atoms with Crippen LogP contribution in [-0.4, -0.2) is 11.1 Å². The summed E-state index contributed by atoms with van der Waals surface area (Å²) in [5.74, 6) is -0.785. The smallest absolute Gasteiger partial charge is 0.303 e. The van der Waals surface area contributed by atoms with Crippen molar-refractivity contribution >= 4 is 21.9 Å². The maximum Gasteiger partial charge on any atom is 0.303 e. The summed E-state index contributed by atoms with van der Waals surface area (Å²) in [7, 11) is 0. The van der Waals surface area contributed by atoms with Crippen LogP contribution in [0, 0.1) is 11.7 Å². The Bertz CT molecular complexity index is 395. The standard InChI is InChI=1S/C12H12BrFO2/c13-9-3-8(4-10(14)5-9)11(6-12(15)16)7-1-2-7/h3-5,7,11H,1-2,6H2,(H,15,16). The van der Waals surface area contributed by atoms with Gasteiger partial charge in [-0.15, -0.1) is 0 Å². The molecule has 1 N–H and O–H groups in total. The number of rotatable bonds is 4. The molecule has 2 nitrogen and oxygen atoms in total. The molecule has 16 heavy (non-hydrogen) atoms. The highest BCUT2D eigenvalue weighted by Crippen LogP contribution is 2.45. The number of carboxylic acids is 1. The second kappa shape index (κ2) is 4.53. The van der Waals surface area contributed by atoms with E-state index in [1.54, 1.807) is 0 Å². The summed E-state index contributed by atoms with van der Waals surface area (Å²) in [6, 6.07) is 4.64. The van der Waals surface area contributed by atoms with Crippen molar-refractivity contribution < 1.29 is 14.3 Å². The molecule has 1 aliphatic carbocycles. The van der Waals surface area contributed by atoms with Crippen LogP contribution in [0.25, 0.3) is 0 Å². The Balaban J connectivity index is 2.26. The van der Waals surface area contributed by atoms with Gasteiger partial charge in [-0.05, 0) is 48.4 Å². The minimum atomic E-state index is -0.822. The molecule has 0 aliphatic heterocycles. The van der Waals surface area contributed by atoms with Crippen molar-refractivity contribution in [3.63, 3.8) is 0 Å². The molecule has 1 aromatic carbocycles. The van der Waals surface area contributed by atoms with Crippen LogP contribution in [0.4, 0.5) is 4.39 Å². The van der Waals surface area contributed by atoms with Crippen molar-refractivity contribution in [3.8, 4) is 0 Å². The summed E-state index contributed by atoms with van der Waals surface area (Å²) >= 11 is 3.23. The van der Waals surface area contributed by atoms with Gasteiger partial charge in [-0.25, -0.2) is 4.39 Å². The van der Waals surface area contributed by atoms with Crippen molar-refractivity contribution in [1.29, 1.82) is 0 Å². The number of carbonyl (C=O) groups is 1. The third-order valence-corrected chi connectivity index (χ3v) is 3.36. The lowest BCUT2D eigenvalue weighted by Gasteiger charge is -2.14. The molecule has 0 saturated heterocycles. The van der Waals surface area contributed by atoms with Crippen LogP contribution in [0.5, 0.6) is 0 Å². The second-order valence-electron chi connectivity index (χ2n) is 4.24. The first-order valence-electron chi connectivity index (χ1n) is 5.24. The lowest BCUT2D eigenvalue weighted by molar-refractivity contribution is -0.137. The van der Waals surface area contributed by atoms with Crippen molar-refractivity contribution in [2.45, 2.75) is 25.2 Å². The predicted octanol–water partition coefficient (Wildman–Crippen LogP) is 3.56. The monoisotopic (exact) mass is 286 g/mol. The van der Waals surface area contributed by atoms with Crippen molar-refractivity contribution in [3.05, 3.63) is 34.1 Å². The molecule has 86 valence electrons. The van der Waals surface area contributed by atoms with Gasteiger partial charge in [0.25, 0.3) is 0 Å². The van der Waals surface area contributed by atoms with Crippen LogP contribution in [0.2, 0.25) is 0 Å². The Kier molecular flexibility index (Phi) is 3.28. The number of halogens is 2. The number of benzene rings is 1. The zero-order valence-corrected chi connectivity index (χ0v) is 10.2. The minimum Gasteiger partial charge on any atom is -0.481 e. The normalized spacial score (nSPS) is 17.1. The van der Waals surface area contributed by atoms with Crippen LogP contribution >= 0.6 is 15.9 Å². The van der Waals surface area contributed by atoms with Gasteiger partial charge in [-0.2, -0.15) is 0 Å². The number of hydrogen-bond donors (Lipinski definition) is 1. The van der Waals surface area contributed by atoms with Crippen LogP contribution in [0.1, 0.15) is 30.7 Å². The quantitative estimate of drug-likeness (QED) is 0.919. The van der Waals surface area contributed by atoms with Crippen LogP contribution < -0.4 is 0 Å². The van der Waals surface area contributed by atoms with Crippen molar-refractivity contribution in [2.24, 2.45) is 5.92 Å². The molecule has 0 radical (unpaired) electrons. The van der Waals surface area contributed by atoms with Gasteiger partial charge in [0.1, 0.15) is 5.82 Å². The highest BCUT2D eigenvalue weighted by atomic mass is 79.9. The first-order chi connectivity index (χ1) is 7.56. The largest absolute Gasteiger partial charge is 0.481 e. The number of carboxylic acid groups (broad SMARTS) is 1. The van der Waals surface area contributed by atoms with Gasteiger partial charge in [-0.3, -0.25) is 4.79 Å². The molecule has 1 atom stereocenters.